The summed E-state index contributed by atoms with van der Waals surface area (Å²) in [5.74, 6) is 0.123. The zero-order valence-electron chi connectivity index (χ0n) is 14.3. The topological polar surface area (TPSA) is 82.1 Å². The molecule has 0 aliphatic carbocycles. The van der Waals surface area contributed by atoms with E-state index in [0.29, 0.717) is 37.1 Å². The van der Waals surface area contributed by atoms with Gasteiger partial charge in [0.2, 0.25) is 10.0 Å². The van der Waals surface area contributed by atoms with E-state index in [9.17, 15) is 13.2 Å². The maximum atomic E-state index is 12.5. The van der Waals surface area contributed by atoms with Gasteiger partial charge in [-0.15, -0.1) is 0 Å². The molecule has 0 bridgehead atoms. The third kappa shape index (κ3) is 5.20. The molecule has 0 aromatic heterocycles. The van der Waals surface area contributed by atoms with Crippen LogP contribution in [0.2, 0.25) is 5.02 Å². The molecule has 9 heteroatoms. The summed E-state index contributed by atoms with van der Waals surface area (Å²) < 4.78 is 42.1. The molecule has 1 heterocycles. The van der Waals surface area contributed by atoms with Crippen molar-refractivity contribution in [1.82, 2.24) is 4.31 Å². The van der Waals surface area contributed by atoms with Crippen LogP contribution in [0.25, 0.3) is 0 Å². The first-order chi connectivity index (χ1) is 12.9. The van der Waals surface area contributed by atoms with Gasteiger partial charge in [0.1, 0.15) is 11.5 Å². The average molecular weight is 412 g/mol. The second-order valence-corrected chi connectivity index (χ2v) is 8.08. The molecule has 0 amide bonds. The van der Waals surface area contributed by atoms with Gasteiger partial charge in [0.25, 0.3) is 0 Å². The predicted octanol–water partition coefficient (Wildman–Crippen LogP) is 2.35. The summed E-state index contributed by atoms with van der Waals surface area (Å²) in [6, 6.07) is 12.3. The zero-order valence-corrected chi connectivity index (χ0v) is 15.9. The van der Waals surface area contributed by atoms with E-state index in [1.807, 2.05) is 0 Å². The fourth-order valence-corrected chi connectivity index (χ4v) is 3.98. The van der Waals surface area contributed by atoms with E-state index in [0.717, 1.165) is 0 Å². The van der Waals surface area contributed by atoms with Crippen LogP contribution in [0.3, 0.4) is 0 Å². The molecule has 0 saturated carbocycles. The molecular weight excluding hydrogens is 394 g/mol. The fourth-order valence-electron chi connectivity index (χ4n) is 2.45. The Morgan fingerprint density at radius 2 is 1.59 bits per heavy atom. The Hall–Kier alpha value is -2.13. The van der Waals surface area contributed by atoms with Gasteiger partial charge in [-0.1, -0.05) is 11.6 Å². The van der Waals surface area contributed by atoms with Crippen molar-refractivity contribution in [3.63, 3.8) is 0 Å². The summed E-state index contributed by atoms with van der Waals surface area (Å²) in [7, 11) is -3.58. The maximum Gasteiger partial charge on any atom is 0.349 e. The third-order valence-corrected chi connectivity index (χ3v) is 6.00. The highest BCUT2D eigenvalue weighted by atomic mass is 35.5. The lowest BCUT2D eigenvalue weighted by atomic mass is 10.3. The van der Waals surface area contributed by atoms with Crippen LogP contribution in [-0.2, 0) is 19.6 Å². The minimum Gasteiger partial charge on any atom is -0.482 e. The summed E-state index contributed by atoms with van der Waals surface area (Å²) in [5, 5.41) is 0.567. The van der Waals surface area contributed by atoms with E-state index >= 15 is 0 Å². The smallest absolute Gasteiger partial charge is 0.349 e. The molecule has 2 aromatic rings. The summed E-state index contributed by atoms with van der Waals surface area (Å²) in [4.78, 5) is 12.0. The number of halogens is 1. The highest BCUT2D eigenvalue weighted by Crippen LogP contribution is 2.21. The molecule has 144 valence electrons. The maximum absolute atomic E-state index is 12.5. The molecule has 0 spiro atoms. The van der Waals surface area contributed by atoms with Crippen LogP contribution >= 0.6 is 11.6 Å². The number of carbonyl (C=O) groups is 1. The van der Waals surface area contributed by atoms with Crippen molar-refractivity contribution in [2.75, 3.05) is 32.9 Å². The first-order valence-electron chi connectivity index (χ1n) is 8.22. The van der Waals surface area contributed by atoms with Gasteiger partial charge in [0.05, 0.1) is 18.1 Å². The second kappa shape index (κ2) is 8.71. The van der Waals surface area contributed by atoms with Crippen LogP contribution in [0, 0.1) is 0 Å². The number of sulfonamides is 1. The lowest BCUT2D eigenvalue weighted by molar-refractivity contribution is -0.136. The van der Waals surface area contributed by atoms with Gasteiger partial charge < -0.3 is 14.2 Å². The molecule has 1 aliphatic heterocycles. The quantitative estimate of drug-likeness (QED) is 0.536. The lowest BCUT2D eigenvalue weighted by Crippen LogP contribution is -2.40. The molecule has 1 aliphatic rings. The van der Waals surface area contributed by atoms with Crippen molar-refractivity contribution in [1.29, 1.82) is 0 Å². The Morgan fingerprint density at radius 1 is 1.00 bits per heavy atom. The minimum atomic E-state index is -3.58. The van der Waals surface area contributed by atoms with Gasteiger partial charge in [-0.2, -0.15) is 4.31 Å². The first kappa shape index (κ1) is 19.6. The van der Waals surface area contributed by atoms with Gasteiger partial charge in [0, 0.05) is 18.1 Å². The van der Waals surface area contributed by atoms with Crippen LogP contribution in [0.5, 0.6) is 11.5 Å². The first-order valence-corrected chi connectivity index (χ1v) is 10.0. The number of morpholine rings is 1. The summed E-state index contributed by atoms with van der Waals surface area (Å²) in [5.41, 5.74) is 0. The molecule has 0 atom stereocenters. The number of esters is 1. The highest BCUT2D eigenvalue weighted by molar-refractivity contribution is 7.89. The molecule has 2 aromatic carbocycles. The van der Waals surface area contributed by atoms with Crippen molar-refractivity contribution >= 4 is 27.6 Å². The van der Waals surface area contributed by atoms with Crippen molar-refractivity contribution in [3.05, 3.63) is 53.6 Å². The second-order valence-electron chi connectivity index (χ2n) is 5.70. The molecule has 1 saturated heterocycles. The average Bonchev–Trinajstić information content (AvgIpc) is 2.69. The van der Waals surface area contributed by atoms with Crippen LogP contribution in [0.1, 0.15) is 0 Å². The molecule has 0 N–H and O–H groups in total. The van der Waals surface area contributed by atoms with Crippen LogP contribution in [0.15, 0.2) is 53.4 Å². The highest BCUT2D eigenvalue weighted by Gasteiger charge is 2.26. The van der Waals surface area contributed by atoms with Crippen molar-refractivity contribution in [2.24, 2.45) is 0 Å². The number of benzene rings is 2. The molecule has 7 nitrogen and oxygen atoms in total. The number of rotatable bonds is 6. The SMILES string of the molecule is O=C(COc1ccc(Cl)cc1)Oc1ccc(S(=O)(=O)N2CCOCC2)cc1. The van der Waals surface area contributed by atoms with E-state index in [1.165, 1.54) is 28.6 Å². The van der Waals surface area contributed by atoms with Gasteiger partial charge >= 0.3 is 5.97 Å². The normalized spacial score (nSPS) is 15.3. The standard InChI is InChI=1S/C18H18ClNO6S/c19-14-1-3-15(4-2-14)25-13-18(21)26-16-5-7-17(8-6-16)27(22,23)20-9-11-24-12-10-20/h1-8H,9-13H2. The predicted molar refractivity (Wildman–Crippen MR) is 98.6 cm³/mol. The monoisotopic (exact) mass is 411 g/mol. The van der Waals surface area contributed by atoms with Crippen molar-refractivity contribution in [3.8, 4) is 11.5 Å². The van der Waals surface area contributed by atoms with Crippen LogP contribution < -0.4 is 9.47 Å². The van der Waals surface area contributed by atoms with E-state index in [1.54, 1.807) is 24.3 Å². The van der Waals surface area contributed by atoms with Gasteiger partial charge in [-0.05, 0) is 48.5 Å². The van der Waals surface area contributed by atoms with Crippen LogP contribution in [0.4, 0.5) is 0 Å². The fraction of sp³-hybridized carbons (Fsp3) is 0.278. The van der Waals surface area contributed by atoms with E-state index < -0.39 is 16.0 Å². The van der Waals surface area contributed by atoms with Gasteiger partial charge in [-0.25, -0.2) is 13.2 Å². The van der Waals surface area contributed by atoms with E-state index in [-0.39, 0.29) is 17.3 Å². The third-order valence-electron chi connectivity index (χ3n) is 3.83. The van der Waals surface area contributed by atoms with E-state index in [2.05, 4.69) is 0 Å². The largest absolute Gasteiger partial charge is 0.482 e. The summed E-state index contributed by atoms with van der Waals surface area (Å²) >= 11 is 5.78. The molecular formula is C18H18ClNO6S. The van der Waals surface area contributed by atoms with Crippen molar-refractivity contribution in [2.45, 2.75) is 4.90 Å². The molecule has 27 heavy (non-hydrogen) atoms. The molecule has 0 radical (unpaired) electrons. The zero-order chi connectivity index (χ0) is 19.3. The number of nitrogens with zero attached hydrogens (tertiary/aromatic N) is 1. The Kier molecular flexibility index (Phi) is 6.33. The molecule has 3 rings (SSSR count). The lowest BCUT2D eigenvalue weighted by Gasteiger charge is -2.26. The Labute approximate surface area is 162 Å². The number of ether oxygens (including phenoxy) is 3. The molecule has 1 fully saturated rings. The Bertz CT molecular complexity index is 877. The Morgan fingerprint density at radius 3 is 2.22 bits per heavy atom. The number of hydrogen-bond donors (Lipinski definition) is 0. The van der Waals surface area contributed by atoms with Gasteiger partial charge in [-0.3, -0.25) is 0 Å². The Balaban J connectivity index is 1.56. The number of carbonyl (C=O) groups excluding carboxylic acids is 1. The minimum absolute atomic E-state index is 0.140. The molecule has 0 unspecified atom stereocenters. The van der Waals surface area contributed by atoms with Crippen molar-refractivity contribution < 1.29 is 27.4 Å². The number of hydrogen-bond acceptors (Lipinski definition) is 6. The van der Waals surface area contributed by atoms with Crippen LogP contribution in [-0.4, -0.2) is 51.6 Å². The summed E-state index contributed by atoms with van der Waals surface area (Å²) in [6.45, 7) is 1.11. The van der Waals surface area contributed by atoms with E-state index in [4.69, 9.17) is 25.8 Å². The summed E-state index contributed by atoms with van der Waals surface area (Å²) in [6.07, 6.45) is 0. The van der Waals surface area contributed by atoms with Gasteiger partial charge in [0.15, 0.2) is 6.61 Å².